The summed E-state index contributed by atoms with van der Waals surface area (Å²) in [4.78, 5) is 14.2. The third kappa shape index (κ3) is 2.36. The Morgan fingerprint density at radius 2 is 1.80 bits per heavy atom. The van der Waals surface area contributed by atoms with Crippen LogP contribution in [0.3, 0.4) is 0 Å². The largest absolute Gasteiger partial charge is 0.335 e. The molecule has 2 nitrogen and oxygen atoms in total. The highest BCUT2D eigenvalue weighted by atomic mass is 79.9. The molecule has 0 N–H and O–H groups in total. The van der Waals surface area contributed by atoms with Crippen molar-refractivity contribution in [3.05, 3.63) is 33.8 Å². The molecule has 2 unspecified atom stereocenters. The third-order valence-electron chi connectivity index (χ3n) is 4.47. The Kier molecular flexibility index (Phi) is 3.80. The molecule has 2 aliphatic rings. The number of likely N-dealkylation sites (tertiary alicyclic amines) is 1. The van der Waals surface area contributed by atoms with Gasteiger partial charge in [0.2, 0.25) is 0 Å². The van der Waals surface area contributed by atoms with E-state index >= 15 is 0 Å². The summed E-state index contributed by atoms with van der Waals surface area (Å²) < 4.78 is 28.2. The number of halogens is 3. The van der Waals surface area contributed by atoms with Crippen molar-refractivity contribution in [3.63, 3.8) is 0 Å². The van der Waals surface area contributed by atoms with Gasteiger partial charge in [0, 0.05) is 17.1 Å². The van der Waals surface area contributed by atoms with Gasteiger partial charge in [0.1, 0.15) is 17.2 Å². The van der Waals surface area contributed by atoms with Crippen LogP contribution in [0.1, 0.15) is 42.5 Å². The van der Waals surface area contributed by atoms with Gasteiger partial charge in [-0.25, -0.2) is 8.78 Å². The maximum Gasteiger partial charge on any atom is 0.260 e. The number of carbonyl (C=O) groups is 1. The fourth-order valence-electron chi connectivity index (χ4n) is 3.60. The zero-order chi connectivity index (χ0) is 14.3. The molecule has 1 amide bonds. The Bertz CT molecular complexity index is 526. The van der Waals surface area contributed by atoms with Gasteiger partial charge < -0.3 is 4.90 Å². The first kappa shape index (κ1) is 14.0. The van der Waals surface area contributed by atoms with Crippen LogP contribution in [0.5, 0.6) is 0 Å². The highest BCUT2D eigenvalue weighted by molar-refractivity contribution is 9.10. The molecule has 5 heteroatoms. The fourth-order valence-corrected chi connectivity index (χ4v) is 4.00. The highest BCUT2D eigenvalue weighted by Crippen LogP contribution is 2.37. The summed E-state index contributed by atoms with van der Waals surface area (Å²) in [6.45, 7) is 0.606. The molecule has 1 aliphatic heterocycles. The monoisotopic (exact) mass is 343 g/mol. The molecule has 0 bridgehead atoms. The Morgan fingerprint density at radius 1 is 1.15 bits per heavy atom. The predicted molar refractivity (Wildman–Crippen MR) is 75.5 cm³/mol. The van der Waals surface area contributed by atoms with Crippen molar-refractivity contribution >= 4 is 21.8 Å². The van der Waals surface area contributed by atoms with Crippen LogP contribution in [0.4, 0.5) is 8.78 Å². The molecular weight excluding hydrogens is 328 g/mol. The van der Waals surface area contributed by atoms with Gasteiger partial charge in [-0.1, -0.05) is 22.4 Å². The smallest absolute Gasteiger partial charge is 0.260 e. The molecule has 1 aromatic rings. The third-order valence-corrected chi connectivity index (χ3v) is 4.93. The molecule has 20 heavy (non-hydrogen) atoms. The SMILES string of the molecule is O=C(c1c(F)cc(Br)cc1F)N1CCCC2CCCC21. The number of carbonyl (C=O) groups excluding carboxylic acids is 1. The molecule has 1 heterocycles. The van der Waals surface area contributed by atoms with Crippen LogP contribution in [-0.2, 0) is 0 Å². The first-order valence-corrected chi connectivity index (χ1v) is 7.82. The van der Waals surface area contributed by atoms with Crippen LogP contribution >= 0.6 is 15.9 Å². The first-order chi connectivity index (χ1) is 9.58. The maximum atomic E-state index is 13.9. The van der Waals surface area contributed by atoms with Gasteiger partial charge in [0.15, 0.2) is 0 Å². The van der Waals surface area contributed by atoms with Crippen LogP contribution in [0.25, 0.3) is 0 Å². The number of amides is 1. The number of nitrogens with zero attached hydrogens (tertiary/aromatic N) is 1. The van der Waals surface area contributed by atoms with Crippen LogP contribution in [0.2, 0.25) is 0 Å². The lowest BCUT2D eigenvalue weighted by Crippen LogP contribution is -2.46. The summed E-state index contributed by atoms with van der Waals surface area (Å²) in [6, 6.07) is 2.46. The number of benzene rings is 1. The van der Waals surface area contributed by atoms with Gasteiger partial charge in [0.25, 0.3) is 5.91 Å². The zero-order valence-corrected chi connectivity index (χ0v) is 12.6. The summed E-state index contributed by atoms with van der Waals surface area (Å²) in [5, 5.41) is 0. The first-order valence-electron chi connectivity index (χ1n) is 7.03. The fraction of sp³-hybridized carbons (Fsp3) is 0.533. The van der Waals surface area contributed by atoms with E-state index in [1.54, 1.807) is 4.90 Å². The molecule has 0 aromatic heterocycles. The van der Waals surface area contributed by atoms with Crippen molar-refractivity contribution < 1.29 is 13.6 Å². The Balaban J connectivity index is 1.92. The molecule has 1 saturated heterocycles. The molecule has 108 valence electrons. The standard InChI is InChI=1S/C15H16BrF2NO/c16-10-7-11(17)14(12(18)8-10)15(20)19-6-2-4-9-3-1-5-13(9)19/h7-9,13H,1-6H2. The summed E-state index contributed by atoms with van der Waals surface area (Å²) in [5.74, 6) is -1.57. The second-order valence-electron chi connectivity index (χ2n) is 5.64. The normalized spacial score (nSPS) is 25.6. The summed E-state index contributed by atoms with van der Waals surface area (Å²) in [5.41, 5.74) is -0.416. The van der Waals surface area contributed by atoms with Crippen molar-refractivity contribution in [2.24, 2.45) is 5.92 Å². The van der Waals surface area contributed by atoms with Gasteiger partial charge in [0.05, 0.1) is 0 Å². The van der Waals surface area contributed by atoms with Crippen molar-refractivity contribution in [1.29, 1.82) is 0 Å². The van der Waals surface area contributed by atoms with E-state index in [2.05, 4.69) is 15.9 Å². The van der Waals surface area contributed by atoms with Crippen molar-refractivity contribution in [2.45, 2.75) is 38.1 Å². The Morgan fingerprint density at radius 3 is 2.50 bits per heavy atom. The average molecular weight is 344 g/mol. The second kappa shape index (κ2) is 5.43. The van der Waals surface area contributed by atoms with E-state index in [9.17, 15) is 13.6 Å². The lowest BCUT2D eigenvalue weighted by atomic mass is 9.91. The van der Waals surface area contributed by atoms with Crippen molar-refractivity contribution in [1.82, 2.24) is 4.90 Å². The van der Waals surface area contributed by atoms with E-state index in [1.165, 1.54) is 0 Å². The molecule has 3 rings (SSSR count). The lowest BCUT2D eigenvalue weighted by molar-refractivity contribution is 0.0538. The Hall–Kier alpha value is -0.970. The molecule has 0 radical (unpaired) electrons. The van der Waals surface area contributed by atoms with Crippen LogP contribution in [0, 0.1) is 17.6 Å². The van der Waals surface area contributed by atoms with Crippen LogP contribution in [-0.4, -0.2) is 23.4 Å². The van der Waals surface area contributed by atoms with Gasteiger partial charge >= 0.3 is 0 Å². The quantitative estimate of drug-likeness (QED) is 0.750. The van der Waals surface area contributed by atoms with Gasteiger partial charge in [-0.15, -0.1) is 0 Å². The van der Waals surface area contributed by atoms with Crippen LogP contribution < -0.4 is 0 Å². The van der Waals surface area contributed by atoms with Gasteiger partial charge in [-0.2, -0.15) is 0 Å². The van der Waals surface area contributed by atoms with E-state index in [-0.39, 0.29) is 6.04 Å². The summed E-state index contributed by atoms with van der Waals surface area (Å²) in [6.07, 6.45) is 5.23. The van der Waals surface area contributed by atoms with E-state index in [4.69, 9.17) is 0 Å². The topological polar surface area (TPSA) is 20.3 Å². The number of hydrogen-bond donors (Lipinski definition) is 0. The molecule has 2 fully saturated rings. The predicted octanol–water partition coefficient (Wildman–Crippen LogP) is 4.13. The molecule has 2 atom stereocenters. The number of piperidine rings is 1. The van der Waals surface area contributed by atoms with E-state index in [0.29, 0.717) is 16.9 Å². The number of rotatable bonds is 1. The van der Waals surface area contributed by atoms with E-state index in [1.807, 2.05) is 0 Å². The van der Waals surface area contributed by atoms with Gasteiger partial charge in [-0.3, -0.25) is 4.79 Å². The average Bonchev–Trinajstić information content (AvgIpc) is 2.85. The molecule has 1 aliphatic carbocycles. The van der Waals surface area contributed by atoms with E-state index < -0.39 is 23.1 Å². The maximum absolute atomic E-state index is 13.9. The van der Waals surface area contributed by atoms with Crippen LogP contribution in [0.15, 0.2) is 16.6 Å². The summed E-state index contributed by atoms with van der Waals surface area (Å²) >= 11 is 3.03. The zero-order valence-electron chi connectivity index (χ0n) is 11.0. The minimum atomic E-state index is -0.790. The van der Waals surface area contributed by atoms with E-state index in [0.717, 1.165) is 44.2 Å². The van der Waals surface area contributed by atoms with Crippen molar-refractivity contribution in [3.8, 4) is 0 Å². The number of hydrogen-bond acceptors (Lipinski definition) is 1. The molecule has 1 saturated carbocycles. The second-order valence-corrected chi connectivity index (χ2v) is 6.56. The Labute approximate surface area is 125 Å². The minimum absolute atomic E-state index is 0.165. The number of fused-ring (bicyclic) bond motifs is 1. The van der Waals surface area contributed by atoms with Gasteiger partial charge in [-0.05, 0) is 43.7 Å². The molecule has 1 aromatic carbocycles. The molecule has 0 spiro atoms. The molecular formula is C15H16BrF2NO. The lowest BCUT2D eigenvalue weighted by Gasteiger charge is -2.38. The minimum Gasteiger partial charge on any atom is -0.335 e. The summed E-state index contributed by atoms with van der Waals surface area (Å²) in [7, 11) is 0. The van der Waals surface area contributed by atoms with Crippen molar-refractivity contribution in [2.75, 3.05) is 6.54 Å². The highest BCUT2D eigenvalue weighted by Gasteiger charge is 2.38.